The number of anilines is 2. The van der Waals surface area contributed by atoms with E-state index >= 15 is 0 Å². The number of fused-ring (bicyclic) bond motifs is 1. The highest BCUT2D eigenvalue weighted by Gasteiger charge is 2.17. The molecule has 1 aromatic carbocycles. The lowest BCUT2D eigenvalue weighted by atomic mass is 10.2. The van der Waals surface area contributed by atoms with Gasteiger partial charge in [0.25, 0.3) is 5.91 Å². The number of methoxy groups -OCH3 is 1. The number of aromatic nitrogens is 5. The molecule has 0 unspecified atom stereocenters. The molecule has 1 amide bonds. The number of nitrogens with two attached hydrogens (primary N) is 1. The Bertz CT molecular complexity index is 1190. The molecule has 0 saturated heterocycles. The zero-order chi connectivity index (χ0) is 19.7. The van der Waals surface area contributed by atoms with Crippen molar-refractivity contribution in [2.24, 2.45) is 12.8 Å². The molecule has 3 aromatic heterocycles. The summed E-state index contributed by atoms with van der Waals surface area (Å²) in [5.74, 6) is 0.626. The van der Waals surface area contributed by atoms with E-state index < -0.39 is 5.91 Å². The van der Waals surface area contributed by atoms with Gasteiger partial charge < -0.3 is 15.8 Å². The summed E-state index contributed by atoms with van der Waals surface area (Å²) < 4.78 is 7.13. The van der Waals surface area contributed by atoms with E-state index in [9.17, 15) is 4.79 Å². The molecule has 9 nitrogen and oxygen atoms in total. The van der Waals surface area contributed by atoms with E-state index in [0.717, 1.165) is 10.9 Å². The number of carbonyl (C=O) groups is 1. The van der Waals surface area contributed by atoms with Gasteiger partial charge in [-0.3, -0.25) is 14.5 Å². The van der Waals surface area contributed by atoms with Gasteiger partial charge in [0.05, 0.1) is 30.1 Å². The number of nitrogens with one attached hydrogen (secondary N) is 1. The lowest BCUT2D eigenvalue weighted by molar-refractivity contribution is 0.100. The first-order valence-corrected chi connectivity index (χ1v) is 8.42. The minimum Gasteiger partial charge on any atom is -0.491 e. The zero-order valence-electron chi connectivity index (χ0n) is 15.2. The van der Waals surface area contributed by atoms with Crippen molar-refractivity contribution < 1.29 is 9.53 Å². The number of aryl methyl sites for hydroxylation is 1. The van der Waals surface area contributed by atoms with Crippen LogP contribution in [0.3, 0.4) is 0 Å². The molecule has 0 saturated carbocycles. The standard InChI is InChI=1S/C19H17N7O2/c1-26-14-6-4-3-5-11(14)16(25-26)19-22-10-15(28-2)18(24-19)23-13-7-8-21-9-12(13)17(20)27/h3-10H,1-2H3,(H2,20,27)(H,21,22,23,24). The summed E-state index contributed by atoms with van der Waals surface area (Å²) >= 11 is 0. The Hall–Kier alpha value is -4.01. The Labute approximate surface area is 160 Å². The van der Waals surface area contributed by atoms with E-state index in [1.807, 2.05) is 31.3 Å². The van der Waals surface area contributed by atoms with E-state index in [1.165, 1.54) is 13.3 Å². The smallest absolute Gasteiger partial charge is 0.252 e. The van der Waals surface area contributed by atoms with Crippen LogP contribution in [-0.4, -0.2) is 37.7 Å². The van der Waals surface area contributed by atoms with Crippen LogP contribution < -0.4 is 15.8 Å². The molecule has 0 aliphatic carbocycles. The molecule has 0 spiro atoms. The third-order valence-corrected chi connectivity index (χ3v) is 4.28. The van der Waals surface area contributed by atoms with E-state index in [2.05, 4.69) is 25.4 Å². The monoisotopic (exact) mass is 375 g/mol. The van der Waals surface area contributed by atoms with E-state index in [-0.39, 0.29) is 5.56 Å². The second kappa shape index (κ2) is 6.95. The van der Waals surface area contributed by atoms with Crippen molar-refractivity contribution in [3.8, 4) is 17.3 Å². The third kappa shape index (κ3) is 2.98. The molecule has 4 rings (SSSR count). The van der Waals surface area contributed by atoms with Gasteiger partial charge >= 0.3 is 0 Å². The number of hydrogen-bond acceptors (Lipinski definition) is 7. The number of pyridine rings is 1. The van der Waals surface area contributed by atoms with Crippen molar-refractivity contribution in [3.05, 3.63) is 54.5 Å². The number of carbonyl (C=O) groups excluding carboxylic acids is 1. The molecule has 140 valence electrons. The number of benzene rings is 1. The zero-order valence-corrected chi connectivity index (χ0v) is 15.2. The molecule has 0 bridgehead atoms. The largest absolute Gasteiger partial charge is 0.491 e. The highest BCUT2D eigenvalue weighted by molar-refractivity contribution is 5.99. The van der Waals surface area contributed by atoms with Crippen LogP contribution in [0.15, 0.2) is 48.9 Å². The number of nitrogens with zero attached hydrogens (tertiary/aromatic N) is 5. The number of ether oxygens (including phenoxy) is 1. The molecule has 9 heteroatoms. The van der Waals surface area contributed by atoms with E-state index in [4.69, 9.17) is 10.5 Å². The second-order valence-electron chi connectivity index (χ2n) is 6.01. The van der Waals surface area contributed by atoms with Gasteiger partial charge in [-0.25, -0.2) is 9.97 Å². The molecule has 0 aliphatic heterocycles. The molecular weight excluding hydrogens is 358 g/mol. The van der Waals surface area contributed by atoms with Crippen LogP contribution in [0.4, 0.5) is 11.5 Å². The van der Waals surface area contributed by atoms with Crippen molar-refractivity contribution in [1.82, 2.24) is 24.7 Å². The molecule has 4 aromatic rings. The second-order valence-corrected chi connectivity index (χ2v) is 6.01. The minimum absolute atomic E-state index is 0.244. The summed E-state index contributed by atoms with van der Waals surface area (Å²) in [5, 5.41) is 8.57. The SMILES string of the molecule is COc1cnc(-c2nn(C)c3ccccc23)nc1Nc1ccncc1C(N)=O. The van der Waals surface area contributed by atoms with Crippen LogP contribution in [-0.2, 0) is 7.05 Å². The van der Waals surface area contributed by atoms with Crippen molar-refractivity contribution >= 4 is 28.3 Å². The average Bonchev–Trinajstić information content (AvgIpc) is 3.05. The number of primary amides is 1. The minimum atomic E-state index is -0.598. The molecule has 0 atom stereocenters. The van der Waals surface area contributed by atoms with Crippen molar-refractivity contribution in [2.75, 3.05) is 12.4 Å². The van der Waals surface area contributed by atoms with Crippen LogP contribution in [0.25, 0.3) is 22.4 Å². The normalized spacial score (nSPS) is 10.8. The van der Waals surface area contributed by atoms with Gasteiger partial charge in [0.1, 0.15) is 5.69 Å². The number of rotatable bonds is 5. The Balaban J connectivity index is 1.82. The van der Waals surface area contributed by atoms with Crippen LogP contribution in [0, 0.1) is 0 Å². The van der Waals surface area contributed by atoms with Crippen molar-refractivity contribution in [3.63, 3.8) is 0 Å². The average molecular weight is 375 g/mol. The van der Waals surface area contributed by atoms with Crippen molar-refractivity contribution in [1.29, 1.82) is 0 Å². The maximum absolute atomic E-state index is 11.7. The fourth-order valence-corrected chi connectivity index (χ4v) is 2.93. The number of para-hydroxylation sites is 1. The highest BCUT2D eigenvalue weighted by atomic mass is 16.5. The molecule has 0 fully saturated rings. The molecule has 0 radical (unpaired) electrons. The fraction of sp³-hybridized carbons (Fsp3) is 0.105. The number of amides is 1. The van der Waals surface area contributed by atoms with Gasteiger partial charge in [0.15, 0.2) is 17.4 Å². The summed E-state index contributed by atoms with van der Waals surface area (Å²) in [6.45, 7) is 0. The first kappa shape index (κ1) is 17.4. The Morgan fingerprint density at radius 2 is 2.04 bits per heavy atom. The molecule has 0 aliphatic rings. The van der Waals surface area contributed by atoms with Gasteiger partial charge in [-0.05, 0) is 12.1 Å². The Morgan fingerprint density at radius 1 is 1.21 bits per heavy atom. The lowest BCUT2D eigenvalue weighted by Crippen LogP contribution is -2.14. The van der Waals surface area contributed by atoms with Gasteiger partial charge in [-0.2, -0.15) is 5.10 Å². The summed E-state index contributed by atoms with van der Waals surface area (Å²) in [6.07, 6.45) is 4.50. The first-order chi connectivity index (χ1) is 13.6. The Kier molecular flexibility index (Phi) is 4.32. The maximum atomic E-state index is 11.7. The predicted octanol–water partition coefficient (Wildman–Crippen LogP) is 2.28. The maximum Gasteiger partial charge on any atom is 0.252 e. The van der Waals surface area contributed by atoms with Gasteiger partial charge in [-0.1, -0.05) is 18.2 Å². The molecule has 3 heterocycles. The summed E-state index contributed by atoms with van der Waals surface area (Å²) in [6, 6.07) is 9.46. The quantitative estimate of drug-likeness (QED) is 0.549. The van der Waals surface area contributed by atoms with Crippen LogP contribution in [0.5, 0.6) is 5.75 Å². The number of hydrogen-bond donors (Lipinski definition) is 2. The van der Waals surface area contributed by atoms with E-state index in [1.54, 1.807) is 23.1 Å². The summed E-state index contributed by atoms with van der Waals surface area (Å²) in [7, 11) is 3.38. The summed E-state index contributed by atoms with van der Waals surface area (Å²) in [4.78, 5) is 24.6. The molecule has 28 heavy (non-hydrogen) atoms. The van der Waals surface area contributed by atoms with Gasteiger partial charge in [-0.15, -0.1) is 0 Å². The topological polar surface area (TPSA) is 121 Å². The first-order valence-electron chi connectivity index (χ1n) is 8.42. The lowest BCUT2D eigenvalue weighted by Gasteiger charge is -2.12. The predicted molar refractivity (Wildman–Crippen MR) is 104 cm³/mol. The van der Waals surface area contributed by atoms with Crippen LogP contribution in [0.2, 0.25) is 0 Å². The van der Waals surface area contributed by atoms with Crippen molar-refractivity contribution in [2.45, 2.75) is 0 Å². The van der Waals surface area contributed by atoms with Gasteiger partial charge in [0, 0.05) is 24.8 Å². The van der Waals surface area contributed by atoms with E-state index in [0.29, 0.717) is 28.8 Å². The van der Waals surface area contributed by atoms with Gasteiger partial charge in [0.2, 0.25) is 0 Å². The third-order valence-electron chi connectivity index (χ3n) is 4.28. The summed E-state index contributed by atoms with van der Waals surface area (Å²) in [5.41, 5.74) is 7.76. The van der Waals surface area contributed by atoms with Crippen LogP contribution >= 0.6 is 0 Å². The Morgan fingerprint density at radius 3 is 2.82 bits per heavy atom. The molecular formula is C19H17N7O2. The highest BCUT2D eigenvalue weighted by Crippen LogP contribution is 2.31. The fourth-order valence-electron chi connectivity index (χ4n) is 2.93. The molecule has 3 N–H and O–H groups in total. The van der Waals surface area contributed by atoms with Crippen LogP contribution in [0.1, 0.15) is 10.4 Å².